The fourth-order valence-corrected chi connectivity index (χ4v) is 3.99. The Labute approximate surface area is 143 Å². The first kappa shape index (κ1) is 16.2. The molecule has 2 aliphatic rings. The van der Waals surface area contributed by atoms with Crippen LogP contribution in [0.2, 0.25) is 0 Å². The minimum Gasteiger partial charge on any atom is -0.339 e. The molecule has 1 aliphatic carbocycles. The number of aromatic amines is 1. The number of fused-ring (bicyclic) bond motifs is 1. The summed E-state index contributed by atoms with van der Waals surface area (Å²) in [7, 11) is 0. The van der Waals surface area contributed by atoms with Gasteiger partial charge in [-0.15, -0.1) is 0 Å². The lowest BCUT2D eigenvalue weighted by Gasteiger charge is -2.31. The molecule has 25 heavy (non-hydrogen) atoms. The van der Waals surface area contributed by atoms with E-state index >= 15 is 0 Å². The molecule has 2 unspecified atom stereocenters. The largest absolute Gasteiger partial charge is 0.339 e. The third-order valence-electron chi connectivity index (χ3n) is 5.34. The first-order valence-corrected chi connectivity index (χ1v) is 8.48. The molecule has 1 amide bonds. The third kappa shape index (κ3) is 2.92. The van der Waals surface area contributed by atoms with E-state index in [1.54, 1.807) is 6.20 Å². The fourth-order valence-electron chi connectivity index (χ4n) is 3.99. The molecule has 4 rings (SSSR count). The smallest absolute Gasteiger partial charge is 0.226 e. The van der Waals surface area contributed by atoms with Gasteiger partial charge in [0, 0.05) is 41.9 Å². The normalized spacial score (nSPS) is 23.2. The number of aromatic nitrogens is 2. The molecule has 1 saturated heterocycles. The summed E-state index contributed by atoms with van der Waals surface area (Å²) in [6.45, 7) is 0.589. The van der Waals surface area contributed by atoms with Crippen molar-refractivity contribution in [1.29, 1.82) is 0 Å². The second kappa shape index (κ2) is 6.20. The maximum absolute atomic E-state index is 13.9. The number of hydrogen-bond acceptors (Lipinski definition) is 2. The van der Waals surface area contributed by atoms with Gasteiger partial charge < -0.3 is 4.90 Å². The molecule has 7 heteroatoms. The molecule has 1 aliphatic heterocycles. The highest BCUT2D eigenvalue weighted by atomic mass is 19.1. The topological polar surface area (TPSA) is 49.0 Å². The number of carbonyl (C=O) groups is 1. The highest BCUT2D eigenvalue weighted by molar-refractivity contribution is 5.81. The maximum atomic E-state index is 13.9. The summed E-state index contributed by atoms with van der Waals surface area (Å²) in [5.74, 6) is -3.33. The lowest BCUT2D eigenvalue weighted by molar-refractivity contribution is -0.133. The van der Waals surface area contributed by atoms with Gasteiger partial charge in [-0.3, -0.25) is 9.89 Å². The van der Waals surface area contributed by atoms with Gasteiger partial charge in [0.1, 0.15) is 17.5 Å². The second-order valence-electron chi connectivity index (χ2n) is 6.84. The molecule has 0 bridgehead atoms. The molecule has 132 valence electrons. The highest BCUT2D eigenvalue weighted by Gasteiger charge is 2.38. The van der Waals surface area contributed by atoms with E-state index in [0.717, 1.165) is 30.5 Å². The molecule has 4 nitrogen and oxygen atoms in total. The number of halogens is 3. The van der Waals surface area contributed by atoms with Crippen molar-refractivity contribution >= 4 is 5.91 Å². The van der Waals surface area contributed by atoms with Crippen molar-refractivity contribution < 1.29 is 18.0 Å². The third-order valence-corrected chi connectivity index (χ3v) is 5.34. The van der Waals surface area contributed by atoms with Crippen molar-refractivity contribution in [2.24, 2.45) is 5.92 Å². The zero-order chi connectivity index (χ0) is 17.6. The lowest BCUT2D eigenvalue weighted by atomic mass is 9.92. The Balaban J connectivity index is 1.47. The summed E-state index contributed by atoms with van der Waals surface area (Å²) in [5.41, 5.74) is 2.04. The van der Waals surface area contributed by atoms with E-state index in [1.165, 1.54) is 0 Å². The van der Waals surface area contributed by atoms with Crippen LogP contribution in [-0.4, -0.2) is 33.6 Å². The minimum absolute atomic E-state index is 0.0308. The van der Waals surface area contributed by atoms with Gasteiger partial charge in [-0.05, 0) is 37.7 Å². The van der Waals surface area contributed by atoms with Crippen molar-refractivity contribution in [3.05, 3.63) is 52.6 Å². The molecule has 2 atom stereocenters. The van der Waals surface area contributed by atoms with Gasteiger partial charge >= 0.3 is 0 Å². The first-order valence-electron chi connectivity index (χ1n) is 8.48. The molecule has 1 fully saturated rings. The number of aryl methyl sites for hydroxylation is 1. The molecule has 0 spiro atoms. The van der Waals surface area contributed by atoms with Crippen molar-refractivity contribution in [3.63, 3.8) is 0 Å². The monoisotopic (exact) mass is 349 g/mol. The number of amides is 1. The summed E-state index contributed by atoms with van der Waals surface area (Å²) in [6.07, 6.45) is 4.77. The Morgan fingerprint density at radius 1 is 1.20 bits per heavy atom. The van der Waals surface area contributed by atoms with Gasteiger partial charge in [-0.1, -0.05) is 0 Å². The molecule has 1 N–H and O–H groups in total. The Morgan fingerprint density at radius 3 is 2.72 bits per heavy atom. The van der Waals surface area contributed by atoms with Crippen LogP contribution in [-0.2, 0) is 24.1 Å². The summed E-state index contributed by atoms with van der Waals surface area (Å²) in [5, 5.41) is 7.01. The van der Waals surface area contributed by atoms with Gasteiger partial charge in [0.25, 0.3) is 0 Å². The summed E-state index contributed by atoms with van der Waals surface area (Å²) >= 11 is 0. The van der Waals surface area contributed by atoms with Crippen LogP contribution >= 0.6 is 0 Å². The number of rotatable bonds is 3. The van der Waals surface area contributed by atoms with Crippen LogP contribution in [0.15, 0.2) is 18.3 Å². The van der Waals surface area contributed by atoms with Crippen molar-refractivity contribution in [3.8, 4) is 0 Å². The van der Waals surface area contributed by atoms with Crippen LogP contribution < -0.4 is 0 Å². The maximum Gasteiger partial charge on any atom is 0.226 e. The quantitative estimate of drug-likeness (QED) is 0.926. The van der Waals surface area contributed by atoms with Gasteiger partial charge in [-0.25, -0.2) is 13.2 Å². The van der Waals surface area contributed by atoms with Crippen LogP contribution in [0, 0.1) is 23.4 Å². The Morgan fingerprint density at radius 2 is 1.96 bits per heavy atom. The number of carbonyl (C=O) groups excluding carboxylic acids is 1. The van der Waals surface area contributed by atoms with Gasteiger partial charge in [0.2, 0.25) is 5.91 Å². The highest BCUT2D eigenvalue weighted by Crippen LogP contribution is 2.31. The van der Waals surface area contributed by atoms with Crippen molar-refractivity contribution in [1.82, 2.24) is 15.1 Å². The Bertz CT molecular complexity index is 797. The summed E-state index contributed by atoms with van der Waals surface area (Å²) in [6, 6.07) is 1.43. The van der Waals surface area contributed by atoms with E-state index in [9.17, 15) is 18.0 Å². The van der Waals surface area contributed by atoms with E-state index in [1.807, 2.05) is 4.90 Å². The average molecular weight is 349 g/mol. The van der Waals surface area contributed by atoms with Gasteiger partial charge in [0.05, 0.1) is 6.20 Å². The number of H-pyrrole nitrogens is 1. The van der Waals surface area contributed by atoms with Crippen molar-refractivity contribution in [2.75, 3.05) is 6.54 Å². The molecular formula is C18H18F3N3O. The summed E-state index contributed by atoms with van der Waals surface area (Å²) in [4.78, 5) is 14.6. The van der Waals surface area contributed by atoms with Gasteiger partial charge in [0.15, 0.2) is 0 Å². The zero-order valence-electron chi connectivity index (χ0n) is 13.6. The molecule has 2 heterocycles. The first-order chi connectivity index (χ1) is 12.0. The predicted octanol–water partition coefficient (Wildman–Crippen LogP) is 2.78. The Hall–Kier alpha value is -2.31. The molecule has 1 aromatic heterocycles. The average Bonchev–Trinajstić information content (AvgIpc) is 3.17. The number of hydrogen-bond donors (Lipinski definition) is 1. The minimum atomic E-state index is -0.948. The van der Waals surface area contributed by atoms with E-state index in [2.05, 4.69) is 10.2 Å². The predicted molar refractivity (Wildman–Crippen MR) is 84.2 cm³/mol. The number of likely N-dealkylation sites (tertiary alicyclic amines) is 1. The van der Waals surface area contributed by atoms with E-state index < -0.39 is 23.4 Å². The second-order valence-corrected chi connectivity index (χ2v) is 6.84. The summed E-state index contributed by atoms with van der Waals surface area (Å²) < 4.78 is 40.8. The zero-order valence-corrected chi connectivity index (χ0v) is 13.6. The van der Waals surface area contributed by atoms with E-state index in [4.69, 9.17) is 0 Å². The SMILES string of the molecule is O=C1C(Cc2c(F)cc(F)cc2F)CCN1C1CCc2[nH]ncc2C1. The molecular weight excluding hydrogens is 331 g/mol. The molecule has 0 saturated carbocycles. The number of nitrogens with one attached hydrogen (secondary N) is 1. The van der Waals surface area contributed by atoms with E-state index in [0.29, 0.717) is 25.1 Å². The van der Waals surface area contributed by atoms with Crippen LogP contribution in [0.4, 0.5) is 13.2 Å². The standard InChI is InChI=1S/C18H18F3N3O/c19-12-7-15(20)14(16(21)8-12)6-10-3-4-24(18(10)25)13-1-2-17-11(5-13)9-22-23-17/h7-10,13H,1-6H2,(H,22,23). The lowest BCUT2D eigenvalue weighted by Crippen LogP contribution is -2.41. The number of benzene rings is 1. The fraction of sp³-hybridized carbons (Fsp3) is 0.444. The molecule has 0 radical (unpaired) electrons. The van der Waals surface area contributed by atoms with E-state index in [-0.39, 0.29) is 23.9 Å². The van der Waals surface area contributed by atoms with Gasteiger partial charge in [-0.2, -0.15) is 5.10 Å². The number of nitrogens with zero attached hydrogens (tertiary/aromatic N) is 2. The van der Waals surface area contributed by atoms with Crippen LogP contribution in [0.3, 0.4) is 0 Å². The van der Waals surface area contributed by atoms with Crippen molar-refractivity contribution in [2.45, 2.75) is 38.1 Å². The molecule has 2 aromatic rings. The van der Waals surface area contributed by atoms with Crippen LogP contribution in [0.5, 0.6) is 0 Å². The molecule has 1 aromatic carbocycles. The van der Waals surface area contributed by atoms with Crippen LogP contribution in [0.1, 0.15) is 29.7 Å². The Kier molecular flexibility index (Phi) is 4.01. The van der Waals surface area contributed by atoms with Crippen LogP contribution in [0.25, 0.3) is 0 Å².